The Morgan fingerprint density at radius 1 is 1.00 bits per heavy atom. The zero-order valence-corrected chi connectivity index (χ0v) is 17.2. The minimum Gasteiger partial charge on any atom is -0.325 e. The summed E-state index contributed by atoms with van der Waals surface area (Å²) in [5.41, 5.74) is 4.48. The molecule has 1 heterocycles. The van der Waals surface area contributed by atoms with Gasteiger partial charge in [-0.15, -0.1) is 0 Å². The van der Waals surface area contributed by atoms with Crippen molar-refractivity contribution in [3.05, 3.63) is 65.9 Å². The molecule has 0 spiro atoms. The van der Waals surface area contributed by atoms with Crippen molar-refractivity contribution in [3.8, 4) is 0 Å². The summed E-state index contributed by atoms with van der Waals surface area (Å²) in [5, 5.41) is 6.76. The molecule has 0 bridgehead atoms. The van der Waals surface area contributed by atoms with Crippen LogP contribution in [0.15, 0.2) is 54.7 Å². The second-order valence-corrected chi connectivity index (χ2v) is 7.25. The third-order valence-electron chi connectivity index (χ3n) is 5.22. The van der Waals surface area contributed by atoms with E-state index in [1.165, 1.54) is 0 Å². The molecule has 6 heteroatoms. The van der Waals surface area contributed by atoms with Crippen molar-refractivity contribution in [3.63, 3.8) is 0 Å². The molecule has 3 rings (SSSR count). The summed E-state index contributed by atoms with van der Waals surface area (Å²) in [6.45, 7) is 5.87. The van der Waals surface area contributed by atoms with Crippen LogP contribution in [0.5, 0.6) is 0 Å². The van der Waals surface area contributed by atoms with Gasteiger partial charge in [-0.3, -0.25) is 19.5 Å². The van der Waals surface area contributed by atoms with Crippen LogP contribution in [0.3, 0.4) is 0 Å². The first kappa shape index (κ1) is 20.5. The molecule has 0 aliphatic rings. The Morgan fingerprint density at radius 2 is 1.72 bits per heavy atom. The molecular formula is C23H26N4O2. The van der Waals surface area contributed by atoms with Gasteiger partial charge in [-0.25, -0.2) is 0 Å². The van der Waals surface area contributed by atoms with E-state index >= 15 is 0 Å². The molecule has 29 heavy (non-hydrogen) atoms. The Balaban J connectivity index is 1.63. The van der Waals surface area contributed by atoms with Gasteiger partial charge in [-0.1, -0.05) is 18.2 Å². The lowest BCUT2D eigenvalue weighted by atomic mass is 10.1. The standard InChI is InChI=1S/C23H26N4O2/c1-15-8-5-10-19(16(15)2)25-22(28)14-27(4)17(3)23(29)26-21-12-6-11-20-18(21)9-7-13-24-20/h5-13,17H,14H2,1-4H3,(H,25,28)(H,26,29)/t17-/m1/s1. The van der Waals surface area contributed by atoms with Crippen molar-refractivity contribution < 1.29 is 9.59 Å². The van der Waals surface area contributed by atoms with E-state index in [-0.39, 0.29) is 18.4 Å². The van der Waals surface area contributed by atoms with Gasteiger partial charge in [0, 0.05) is 17.3 Å². The van der Waals surface area contributed by atoms with Crippen molar-refractivity contribution in [1.29, 1.82) is 0 Å². The number of pyridine rings is 1. The zero-order valence-electron chi connectivity index (χ0n) is 17.2. The van der Waals surface area contributed by atoms with Crippen molar-refractivity contribution in [2.45, 2.75) is 26.8 Å². The quantitative estimate of drug-likeness (QED) is 0.672. The summed E-state index contributed by atoms with van der Waals surface area (Å²) in [7, 11) is 1.76. The van der Waals surface area contributed by atoms with Crippen LogP contribution in [0.2, 0.25) is 0 Å². The van der Waals surface area contributed by atoms with Crippen molar-refractivity contribution in [2.75, 3.05) is 24.2 Å². The second-order valence-electron chi connectivity index (χ2n) is 7.25. The molecule has 0 saturated heterocycles. The molecule has 0 unspecified atom stereocenters. The van der Waals surface area contributed by atoms with Crippen molar-refractivity contribution in [1.82, 2.24) is 9.88 Å². The van der Waals surface area contributed by atoms with Gasteiger partial charge < -0.3 is 10.6 Å². The van der Waals surface area contributed by atoms with E-state index in [1.807, 2.05) is 62.4 Å². The molecule has 0 radical (unpaired) electrons. The topological polar surface area (TPSA) is 74.3 Å². The number of hydrogen-bond donors (Lipinski definition) is 2. The Hall–Kier alpha value is -3.25. The number of amides is 2. The molecule has 2 aromatic carbocycles. The van der Waals surface area contributed by atoms with E-state index < -0.39 is 6.04 Å². The predicted molar refractivity (Wildman–Crippen MR) is 117 cm³/mol. The molecule has 0 aliphatic heterocycles. The summed E-state index contributed by atoms with van der Waals surface area (Å²) < 4.78 is 0. The maximum atomic E-state index is 12.7. The molecule has 1 atom stereocenters. The summed E-state index contributed by atoms with van der Waals surface area (Å²) in [6, 6.07) is 14.7. The summed E-state index contributed by atoms with van der Waals surface area (Å²) in [5.74, 6) is -0.335. The summed E-state index contributed by atoms with van der Waals surface area (Å²) in [4.78, 5) is 31.2. The first-order chi connectivity index (χ1) is 13.9. The molecule has 2 N–H and O–H groups in total. The Kier molecular flexibility index (Phi) is 6.24. The number of carbonyl (C=O) groups excluding carboxylic acids is 2. The largest absolute Gasteiger partial charge is 0.325 e. The number of carbonyl (C=O) groups is 2. The van der Waals surface area contributed by atoms with Crippen molar-refractivity contribution in [2.24, 2.45) is 0 Å². The molecule has 0 aliphatic carbocycles. The molecule has 0 saturated carbocycles. The highest BCUT2D eigenvalue weighted by Gasteiger charge is 2.21. The van der Waals surface area contributed by atoms with E-state index in [2.05, 4.69) is 15.6 Å². The monoisotopic (exact) mass is 390 g/mol. The van der Waals surface area contributed by atoms with Gasteiger partial charge >= 0.3 is 0 Å². The molecule has 3 aromatic rings. The number of benzene rings is 2. The highest BCUT2D eigenvalue weighted by molar-refractivity contribution is 6.03. The van der Waals surface area contributed by atoms with E-state index in [4.69, 9.17) is 0 Å². The normalized spacial score (nSPS) is 12.0. The minimum absolute atomic E-state index is 0.110. The lowest BCUT2D eigenvalue weighted by Crippen LogP contribution is -2.43. The number of likely N-dealkylation sites (N-methyl/N-ethyl adjacent to an activating group) is 1. The summed E-state index contributed by atoms with van der Waals surface area (Å²) in [6.07, 6.45) is 1.72. The number of rotatable bonds is 6. The lowest BCUT2D eigenvalue weighted by Gasteiger charge is -2.24. The van der Waals surface area contributed by atoms with Gasteiger partial charge in [-0.2, -0.15) is 0 Å². The number of anilines is 2. The fourth-order valence-electron chi connectivity index (χ4n) is 3.09. The van der Waals surface area contributed by atoms with Gasteiger partial charge in [-0.05, 0) is 69.3 Å². The van der Waals surface area contributed by atoms with Crippen LogP contribution in [0.1, 0.15) is 18.1 Å². The first-order valence-electron chi connectivity index (χ1n) is 9.57. The number of nitrogens with one attached hydrogen (secondary N) is 2. The van der Waals surface area contributed by atoms with Crippen LogP contribution in [0, 0.1) is 13.8 Å². The third-order valence-corrected chi connectivity index (χ3v) is 5.22. The maximum Gasteiger partial charge on any atom is 0.241 e. The van der Waals surface area contributed by atoms with E-state index in [0.29, 0.717) is 5.69 Å². The molecule has 150 valence electrons. The predicted octanol–water partition coefficient (Wildman–Crippen LogP) is 3.75. The molecule has 2 amide bonds. The molecule has 6 nitrogen and oxygen atoms in total. The van der Waals surface area contributed by atoms with Crippen LogP contribution < -0.4 is 10.6 Å². The number of aryl methyl sites for hydroxylation is 1. The van der Waals surface area contributed by atoms with Gasteiger partial charge in [0.1, 0.15) is 0 Å². The van der Waals surface area contributed by atoms with Gasteiger partial charge in [0.2, 0.25) is 11.8 Å². The van der Waals surface area contributed by atoms with E-state index in [1.54, 1.807) is 25.1 Å². The average Bonchev–Trinajstić information content (AvgIpc) is 2.71. The maximum absolute atomic E-state index is 12.7. The fourth-order valence-corrected chi connectivity index (χ4v) is 3.09. The smallest absolute Gasteiger partial charge is 0.241 e. The van der Waals surface area contributed by atoms with Gasteiger partial charge in [0.15, 0.2) is 0 Å². The van der Waals surface area contributed by atoms with E-state index in [0.717, 1.165) is 27.7 Å². The van der Waals surface area contributed by atoms with Crippen LogP contribution in [-0.4, -0.2) is 41.3 Å². The highest BCUT2D eigenvalue weighted by Crippen LogP contribution is 2.22. The third kappa shape index (κ3) is 4.78. The SMILES string of the molecule is Cc1cccc(NC(=O)CN(C)[C@H](C)C(=O)Nc2cccc3ncccc23)c1C. The number of nitrogens with zero attached hydrogens (tertiary/aromatic N) is 2. The van der Waals surface area contributed by atoms with E-state index in [9.17, 15) is 9.59 Å². The molecule has 1 aromatic heterocycles. The number of aromatic nitrogens is 1. The van der Waals surface area contributed by atoms with Crippen molar-refractivity contribution >= 4 is 34.1 Å². The highest BCUT2D eigenvalue weighted by atomic mass is 16.2. The fraction of sp³-hybridized carbons (Fsp3) is 0.261. The Labute approximate surface area is 170 Å². The zero-order chi connectivity index (χ0) is 21.0. The summed E-state index contributed by atoms with van der Waals surface area (Å²) >= 11 is 0. The second kappa shape index (κ2) is 8.84. The number of hydrogen-bond acceptors (Lipinski definition) is 4. The lowest BCUT2D eigenvalue weighted by molar-refractivity contribution is -0.122. The molecular weight excluding hydrogens is 364 g/mol. The Bertz CT molecular complexity index is 1040. The average molecular weight is 390 g/mol. The van der Waals surface area contributed by atoms with Crippen LogP contribution in [0.25, 0.3) is 10.9 Å². The van der Waals surface area contributed by atoms with Gasteiger partial charge in [0.05, 0.1) is 23.8 Å². The number of fused-ring (bicyclic) bond motifs is 1. The first-order valence-corrected chi connectivity index (χ1v) is 9.57. The van der Waals surface area contributed by atoms with Crippen LogP contribution in [-0.2, 0) is 9.59 Å². The Morgan fingerprint density at radius 3 is 2.52 bits per heavy atom. The van der Waals surface area contributed by atoms with Crippen LogP contribution >= 0.6 is 0 Å². The molecule has 0 fully saturated rings. The minimum atomic E-state index is -0.480. The van der Waals surface area contributed by atoms with Gasteiger partial charge in [0.25, 0.3) is 0 Å². The van der Waals surface area contributed by atoms with Crippen LogP contribution in [0.4, 0.5) is 11.4 Å².